The first-order valence-corrected chi connectivity index (χ1v) is 13.4. The summed E-state index contributed by atoms with van der Waals surface area (Å²) in [6, 6.07) is 6.52. The van der Waals surface area contributed by atoms with Crippen LogP contribution in [0.2, 0.25) is 0 Å². The molecular weight excluding hydrogens is 454 g/mol. The highest BCUT2D eigenvalue weighted by Crippen LogP contribution is 2.44. The van der Waals surface area contributed by atoms with Crippen molar-refractivity contribution >= 4 is 11.6 Å². The number of amides is 2. The van der Waals surface area contributed by atoms with E-state index in [1.54, 1.807) is 0 Å². The largest absolute Gasteiger partial charge is 0.508 e. The van der Waals surface area contributed by atoms with Crippen LogP contribution in [0.4, 0.5) is 4.79 Å². The van der Waals surface area contributed by atoms with Crippen LogP contribution in [0.15, 0.2) is 30.5 Å². The predicted molar refractivity (Wildman–Crippen MR) is 138 cm³/mol. The van der Waals surface area contributed by atoms with E-state index in [0.717, 1.165) is 76.5 Å². The van der Waals surface area contributed by atoms with E-state index in [0.29, 0.717) is 23.6 Å². The van der Waals surface area contributed by atoms with Crippen LogP contribution in [0.25, 0.3) is 5.57 Å². The number of aromatic hydroxyl groups is 1. The minimum absolute atomic E-state index is 0.0551. The maximum atomic E-state index is 11.8. The van der Waals surface area contributed by atoms with Gasteiger partial charge in [-0.15, -0.1) is 0 Å². The van der Waals surface area contributed by atoms with E-state index < -0.39 is 0 Å². The number of carbonyl (C=O) groups is 1. The molecule has 9 nitrogen and oxygen atoms in total. The number of aromatic nitrogens is 2. The van der Waals surface area contributed by atoms with Gasteiger partial charge in [0.15, 0.2) is 0 Å². The topological polar surface area (TPSA) is 109 Å². The zero-order valence-electron chi connectivity index (χ0n) is 21.0. The van der Waals surface area contributed by atoms with Crippen LogP contribution in [0.3, 0.4) is 0 Å². The zero-order valence-corrected chi connectivity index (χ0v) is 21.0. The SMILES string of the molecule is CCc1cc(O)ccc1C1CCC2C(C1)NNC2c1ncc(C2=CCN(CCN3CCNC3=O)C2)[nH]1. The highest BCUT2D eigenvalue weighted by molar-refractivity contribution is 5.76. The van der Waals surface area contributed by atoms with Crippen LogP contribution in [0.5, 0.6) is 5.75 Å². The molecule has 4 unspecified atom stereocenters. The van der Waals surface area contributed by atoms with E-state index in [2.05, 4.69) is 45.1 Å². The molecule has 0 radical (unpaired) electrons. The third-order valence-corrected chi connectivity index (χ3v) is 8.56. The number of benzene rings is 1. The van der Waals surface area contributed by atoms with Crippen molar-refractivity contribution in [3.63, 3.8) is 0 Å². The number of phenolic OH excluding ortho intramolecular Hbond substituents is 1. The van der Waals surface area contributed by atoms with Gasteiger partial charge in [0, 0.05) is 45.3 Å². The van der Waals surface area contributed by atoms with Gasteiger partial charge in [0.2, 0.25) is 0 Å². The number of aromatic amines is 1. The molecule has 1 aromatic carbocycles. The van der Waals surface area contributed by atoms with E-state index in [-0.39, 0.29) is 12.1 Å². The number of nitrogens with one attached hydrogen (secondary N) is 4. The zero-order chi connectivity index (χ0) is 24.6. The molecule has 1 saturated carbocycles. The monoisotopic (exact) mass is 491 g/mol. The third-order valence-electron chi connectivity index (χ3n) is 8.56. The number of H-pyrrole nitrogens is 1. The van der Waals surface area contributed by atoms with Crippen LogP contribution < -0.4 is 16.2 Å². The summed E-state index contributed by atoms with van der Waals surface area (Å²) in [5, 5.41) is 12.8. The molecular formula is C27H37N7O2. The standard InChI is InChI=1S/C27H37N7O2/c1-2-17-13-20(35)4-6-21(17)18-3-5-22-23(14-18)31-32-25(22)26-29-15-24(30-26)19-7-9-33(16-19)11-12-34-10-8-28-27(34)36/h4,6-7,13,15,18,22-23,25,31-32,35H,2-3,5,8-12,14,16H2,1H3,(H,28,36)(H,29,30). The Labute approximate surface area is 212 Å². The number of nitrogens with zero attached hydrogens (tertiary/aromatic N) is 3. The lowest BCUT2D eigenvalue weighted by Gasteiger charge is -2.33. The number of hydrazine groups is 1. The van der Waals surface area contributed by atoms with Crippen molar-refractivity contribution in [3.8, 4) is 5.75 Å². The van der Waals surface area contributed by atoms with Gasteiger partial charge in [-0.2, -0.15) is 0 Å². The van der Waals surface area contributed by atoms with Crippen molar-refractivity contribution in [2.45, 2.75) is 50.6 Å². The lowest BCUT2D eigenvalue weighted by molar-refractivity contribution is 0.209. The Morgan fingerprint density at radius 3 is 2.94 bits per heavy atom. The van der Waals surface area contributed by atoms with Crippen LogP contribution in [-0.4, -0.2) is 76.2 Å². The Hall–Kier alpha value is -2.88. The van der Waals surface area contributed by atoms with Crippen molar-refractivity contribution in [3.05, 3.63) is 53.1 Å². The second-order valence-corrected chi connectivity index (χ2v) is 10.6. The summed E-state index contributed by atoms with van der Waals surface area (Å²) in [7, 11) is 0. The van der Waals surface area contributed by atoms with Gasteiger partial charge in [-0.25, -0.2) is 15.2 Å². The van der Waals surface area contributed by atoms with E-state index >= 15 is 0 Å². The van der Waals surface area contributed by atoms with Crippen LogP contribution in [-0.2, 0) is 6.42 Å². The molecule has 5 N–H and O–H groups in total. The molecule has 2 amide bonds. The number of rotatable bonds is 7. The molecule has 36 heavy (non-hydrogen) atoms. The second-order valence-electron chi connectivity index (χ2n) is 10.6. The number of carbonyl (C=O) groups excluding carboxylic acids is 1. The summed E-state index contributed by atoms with van der Waals surface area (Å²) in [5.74, 6) is 2.39. The van der Waals surface area contributed by atoms with Gasteiger partial charge in [0.1, 0.15) is 11.6 Å². The van der Waals surface area contributed by atoms with E-state index in [9.17, 15) is 9.90 Å². The number of urea groups is 1. The van der Waals surface area contributed by atoms with Crippen LogP contribution in [0.1, 0.15) is 60.8 Å². The summed E-state index contributed by atoms with van der Waals surface area (Å²) in [6.45, 7) is 7.16. The fourth-order valence-corrected chi connectivity index (χ4v) is 6.53. The summed E-state index contributed by atoms with van der Waals surface area (Å²) < 4.78 is 0. The highest BCUT2D eigenvalue weighted by Gasteiger charge is 2.42. The molecule has 1 aliphatic carbocycles. The molecule has 6 rings (SSSR count). The predicted octanol–water partition coefficient (Wildman–Crippen LogP) is 2.50. The van der Waals surface area contributed by atoms with Gasteiger partial charge in [-0.05, 0) is 66.4 Å². The summed E-state index contributed by atoms with van der Waals surface area (Å²) in [5.41, 5.74) is 12.1. The van der Waals surface area contributed by atoms with Crippen molar-refractivity contribution in [1.29, 1.82) is 0 Å². The molecule has 9 heteroatoms. The molecule has 3 aliphatic heterocycles. The first-order valence-electron chi connectivity index (χ1n) is 13.4. The number of imidazole rings is 1. The molecule has 4 atom stereocenters. The lowest BCUT2D eigenvalue weighted by atomic mass is 9.73. The highest BCUT2D eigenvalue weighted by atomic mass is 16.3. The van der Waals surface area contributed by atoms with Crippen LogP contribution in [0, 0.1) is 5.92 Å². The van der Waals surface area contributed by atoms with Gasteiger partial charge in [0.25, 0.3) is 0 Å². The van der Waals surface area contributed by atoms with Gasteiger partial charge in [0.05, 0.1) is 17.9 Å². The van der Waals surface area contributed by atoms with Crippen molar-refractivity contribution < 1.29 is 9.90 Å². The van der Waals surface area contributed by atoms with E-state index in [1.165, 1.54) is 16.7 Å². The van der Waals surface area contributed by atoms with Gasteiger partial charge >= 0.3 is 6.03 Å². The lowest BCUT2D eigenvalue weighted by Crippen LogP contribution is -2.36. The number of hydrogen-bond acceptors (Lipinski definition) is 6. The average Bonchev–Trinajstić information content (AvgIpc) is 3.68. The van der Waals surface area contributed by atoms with E-state index in [1.807, 2.05) is 23.2 Å². The Balaban J connectivity index is 1.06. The third kappa shape index (κ3) is 4.51. The van der Waals surface area contributed by atoms with Crippen molar-refractivity contribution in [2.75, 3.05) is 39.3 Å². The summed E-state index contributed by atoms with van der Waals surface area (Å²) >= 11 is 0. The first kappa shape index (κ1) is 23.5. The maximum absolute atomic E-state index is 11.8. The average molecular weight is 492 g/mol. The number of hydrogen-bond donors (Lipinski definition) is 5. The van der Waals surface area contributed by atoms with Gasteiger partial charge in [-0.3, -0.25) is 10.3 Å². The Kier molecular flexibility index (Phi) is 6.45. The fourth-order valence-electron chi connectivity index (χ4n) is 6.53. The molecule has 0 spiro atoms. The van der Waals surface area contributed by atoms with E-state index in [4.69, 9.17) is 4.98 Å². The first-order chi connectivity index (χ1) is 17.6. The number of aryl methyl sites for hydroxylation is 1. The molecule has 192 valence electrons. The number of phenols is 1. The molecule has 2 aromatic rings. The smallest absolute Gasteiger partial charge is 0.317 e. The van der Waals surface area contributed by atoms with Gasteiger partial charge < -0.3 is 20.3 Å². The van der Waals surface area contributed by atoms with Crippen molar-refractivity contribution in [1.82, 2.24) is 35.9 Å². The summed E-state index contributed by atoms with van der Waals surface area (Å²) in [6.07, 6.45) is 8.58. The normalized spacial score (nSPS) is 28.4. The molecule has 1 aromatic heterocycles. The Bertz CT molecular complexity index is 1140. The Morgan fingerprint density at radius 2 is 2.11 bits per heavy atom. The number of fused-ring (bicyclic) bond motifs is 1. The molecule has 3 fully saturated rings. The molecule has 4 heterocycles. The second kappa shape index (κ2) is 9.88. The quantitative estimate of drug-likeness (QED) is 0.407. The summed E-state index contributed by atoms with van der Waals surface area (Å²) in [4.78, 5) is 24.4. The Morgan fingerprint density at radius 1 is 1.19 bits per heavy atom. The maximum Gasteiger partial charge on any atom is 0.317 e. The fraction of sp³-hybridized carbons (Fsp3) is 0.556. The minimum Gasteiger partial charge on any atom is -0.508 e. The van der Waals surface area contributed by atoms with Gasteiger partial charge in [-0.1, -0.05) is 19.1 Å². The van der Waals surface area contributed by atoms with Crippen molar-refractivity contribution in [2.24, 2.45) is 5.92 Å². The molecule has 2 saturated heterocycles. The van der Waals surface area contributed by atoms with Crippen LogP contribution >= 0.6 is 0 Å². The minimum atomic E-state index is 0.0551. The molecule has 4 aliphatic rings. The molecule has 0 bridgehead atoms.